The highest BCUT2D eigenvalue weighted by atomic mass is 16.3. The molecule has 0 amide bonds. The highest BCUT2D eigenvalue weighted by molar-refractivity contribution is 5.80. The molecular formula is C20H40N4O. The lowest BCUT2D eigenvalue weighted by Gasteiger charge is -2.39. The van der Waals surface area contributed by atoms with Crippen molar-refractivity contribution in [1.82, 2.24) is 15.5 Å². The highest BCUT2D eigenvalue weighted by Gasteiger charge is 2.27. The fraction of sp³-hybridized carbons (Fsp3) is 0.950. The number of likely N-dealkylation sites (tertiary alicyclic amines) is 1. The minimum Gasteiger partial charge on any atom is -0.388 e. The summed E-state index contributed by atoms with van der Waals surface area (Å²) in [5.41, 5.74) is -0.674. The van der Waals surface area contributed by atoms with Crippen molar-refractivity contribution < 1.29 is 5.11 Å². The van der Waals surface area contributed by atoms with E-state index in [1.807, 2.05) is 13.8 Å². The zero-order chi connectivity index (χ0) is 18.1. The van der Waals surface area contributed by atoms with Crippen molar-refractivity contribution in [3.8, 4) is 0 Å². The number of hydrogen-bond donors (Lipinski definition) is 3. The maximum absolute atomic E-state index is 10.5. The van der Waals surface area contributed by atoms with E-state index in [1.54, 1.807) is 0 Å². The summed E-state index contributed by atoms with van der Waals surface area (Å²) in [5.74, 6) is 0.860. The quantitative estimate of drug-likeness (QED) is 0.487. The third-order valence-corrected chi connectivity index (χ3v) is 6.15. The fourth-order valence-electron chi connectivity index (χ4n) is 4.07. The molecular weight excluding hydrogens is 312 g/mol. The van der Waals surface area contributed by atoms with Crippen LogP contribution in [-0.2, 0) is 0 Å². The molecule has 5 nitrogen and oxygen atoms in total. The summed E-state index contributed by atoms with van der Waals surface area (Å²) in [7, 11) is 0. The molecule has 2 aliphatic rings. The normalized spacial score (nSPS) is 22.2. The molecule has 1 aliphatic heterocycles. The Bertz CT molecular complexity index is 395. The Balaban J connectivity index is 1.82. The number of guanidine groups is 1. The van der Waals surface area contributed by atoms with Gasteiger partial charge in [0.25, 0.3) is 0 Å². The number of rotatable bonds is 7. The van der Waals surface area contributed by atoms with Crippen molar-refractivity contribution >= 4 is 5.96 Å². The molecule has 1 heterocycles. The van der Waals surface area contributed by atoms with E-state index in [2.05, 4.69) is 27.4 Å². The van der Waals surface area contributed by atoms with Crippen LogP contribution in [0.4, 0.5) is 0 Å². The van der Waals surface area contributed by atoms with Gasteiger partial charge in [-0.3, -0.25) is 4.99 Å². The van der Waals surface area contributed by atoms with Crippen LogP contribution in [0.1, 0.15) is 78.6 Å². The van der Waals surface area contributed by atoms with Crippen molar-refractivity contribution in [2.24, 2.45) is 4.99 Å². The number of aliphatic hydroxyl groups is 1. The van der Waals surface area contributed by atoms with E-state index in [9.17, 15) is 5.11 Å². The van der Waals surface area contributed by atoms with Gasteiger partial charge in [-0.2, -0.15) is 0 Å². The standard InChI is InChI=1S/C20H40N4O/c1-4-20(25,5-2)16-22-19(21-6-3)23-17-12-14-24(15-13-17)18-10-8-7-9-11-18/h17-18,25H,4-16H2,1-3H3,(H2,21,22,23). The highest BCUT2D eigenvalue weighted by Crippen LogP contribution is 2.25. The van der Waals surface area contributed by atoms with Gasteiger partial charge >= 0.3 is 0 Å². The third kappa shape index (κ3) is 6.45. The average Bonchev–Trinajstić information content (AvgIpc) is 2.67. The molecule has 1 aliphatic carbocycles. The number of aliphatic imine (C=N–C) groups is 1. The molecule has 0 bridgehead atoms. The molecule has 0 aromatic rings. The molecule has 0 unspecified atom stereocenters. The molecule has 5 heteroatoms. The van der Waals surface area contributed by atoms with Crippen molar-refractivity contribution in [3.63, 3.8) is 0 Å². The van der Waals surface area contributed by atoms with Crippen molar-refractivity contribution in [2.45, 2.75) is 96.2 Å². The van der Waals surface area contributed by atoms with Gasteiger partial charge in [0.05, 0.1) is 12.1 Å². The minimum atomic E-state index is -0.674. The van der Waals surface area contributed by atoms with E-state index >= 15 is 0 Å². The lowest BCUT2D eigenvalue weighted by molar-refractivity contribution is 0.0417. The predicted molar refractivity (Wildman–Crippen MR) is 106 cm³/mol. The molecule has 0 spiro atoms. The molecule has 146 valence electrons. The molecule has 25 heavy (non-hydrogen) atoms. The second-order valence-corrected chi connectivity index (χ2v) is 7.87. The molecule has 1 saturated heterocycles. The van der Waals surface area contributed by atoms with Gasteiger partial charge in [-0.25, -0.2) is 0 Å². The molecule has 0 radical (unpaired) electrons. The number of nitrogens with zero attached hydrogens (tertiary/aromatic N) is 2. The molecule has 0 atom stereocenters. The van der Waals surface area contributed by atoms with Crippen LogP contribution in [0.5, 0.6) is 0 Å². The Hall–Kier alpha value is -0.810. The summed E-state index contributed by atoms with van der Waals surface area (Å²) in [6, 6.07) is 1.33. The first-order chi connectivity index (χ1) is 12.1. The van der Waals surface area contributed by atoms with Gasteiger partial charge < -0.3 is 20.6 Å². The maximum Gasteiger partial charge on any atom is 0.191 e. The summed E-state index contributed by atoms with van der Waals surface area (Å²) >= 11 is 0. The van der Waals surface area contributed by atoms with E-state index in [-0.39, 0.29) is 0 Å². The van der Waals surface area contributed by atoms with Crippen LogP contribution >= 0.6 is 0 Å². The van der Waals surface area contributed by atoms with Crippen molar-refractivity contribution in [1.29, 1.82) is 0 Å². The Labute approximate surface area is 154 Å². The van der Waals surface area contributed by atoms with Crippen molar-refractivity contribution in [2.75, 3.05) is 26.2 Å². The number of hydrogen-bond acceptors (Lipinski definition) is 3. The maximum atomic E-state index is 10.5. The molecule has 0 aromatic carbocycles. The van der Waals surface area contributed by atoms with Crippen LogP contribution in [0.15, 0.2) is 4.99 Å². The zero-order valence-corrected chi connectivity index (χ0v) is 16.7. The number of nitrogens with one attached hydrogen (secondary N) is 2. The van der Waals surface area contributed by atoms with Crippen molar-refractivity contribution in [3.05, 3.63) is 0 Å². The van der Waals surface area contributed by atoms with Gasteiger partial charge in [0.15, 0.2) is 5.96 Å². The fourth-order valence-corrected chi connectivity index (χ4v) is 4.07. The molecule has 1 saturated carbocycles. The van der Waals surface area contributed by atoms with Crippen LogP contribution < -0.4 is 10.6 Å². The monoisotopic (exact) mass is 352 g/mol. The third-order valence-electron chi connectivity index (χ3n) is 6.15. The predicted octanol–water partition coefficient (Wildman–Crippen LogP) is 2.89. The Morgan fingerprint density at radius 1 is 1.04 bits per heavy atom. The van der Waals surface area contributed by atoms with Gasteiger partial charge in [-0.1, -0.05) is 33.1 Å². The first-order valence-electron chi connectivity index (χ1n) is 10.6. The van der Waals surface area contributed by atoms with E-state index in [1.165, 1.54) is 58.0 Å². The first kappa shape index (κ1) is 20.5. The van der Waals surface area contributed by atoms with Gasteiger partial charge in [-0.05, 0) is 45.4 Å². The van der Waals surface area contributed by atoms with Crippen LogP contribution in [0.2, 0.25) is 0 Å². The largest absolute Gasteiger partial charge is 0.388 e. The first-order valence-corrected chi connectivity index (χ1v) is 10.6. The number of piperidine rings is 1. The molecule has 3 N–H and O–H groups in total. The van der Waals surface area contributed by atoms with Crippen LogP contribution in [0.3, 0.4) is 0 Å². The van der Waals surface area contributed by atoms with Gasteiger partial charge in [0, 0.05) is 31.7 Å². The summed E-state index contributed by atoms with van der Waals surface area (Å²) in [6.07, 6.45) is 10.9. The van der Waals surface area contributed by atoms with E-state index in [4.69, 9.17) is 0 Å². The van der Waals surface area contributed by atoms with Crippen LogP contribution in [0, 0.1) is 0 Å². The summed E-state index contributed by atoms with van der Waals surface area (Å²) < 4.78 is 0. The topological polar surface area (TPSA) is 59.9 Å². The lowest BCUT2D eigenvalue weighted by atomic mass is 9.92. The summed E-state index contributed by atoms with van der Waals surface area (Å²) in [4.78, 5) is 7.38. The molecule has 0 aromatic heterocycles. The van der Waals surface area contributed by atoms with Gasteiger partial charge in [0.2, 0.25) is 0 Å². The molecule has 2 fully saturated rings. The Morgan fingerprint density at radius 3 is 2.24 bits per heavy atom. The Morgan fingerprint density at radius 2 is 1.68 bits per heavy atom. The minimum absolute atomic E-state index is 0.469. The van der Waals surface area contributed by atoms with Gasteiger partial charge in [0.1, 0.15) is 0 Å². The smallest absolute Gasteiger partial charge is 0.191 e. The summed E-state index contributed by atoms with van der Waals surface area (Å²) in [6.45, 7) is 9.88. The lowest BCUT2D eigenvalue weighted by Crippen LogP contribution is -2.51. The van der Waals surface area contributed by atoms with Crippen LogP contribution in [0.25, 0.3) is 0 Å². The van der Waals surface area contributed by atoms with E-state index < -0.39 is 5.60 Å². The molecule has 2 rings (SSSR count). The van der Waals surface area contributed by atoms with Crippen LogP contribution in [-0.4, -0.2) is 59.8 Å². The second kappa shape index (κ2) is 10.4. The van der Waals surface area contributed by atoms with E-state index in [0.717, 1.165) is 31.4 Å². The zero-order valence-electron chi connectivity index (χ0n) is 16.7. The van der Waals surface area contributed by atoms with Gasteiger partial charge in [-0.15, -0.1) is 0 Å². The average molecular weight is 353 g/mol. The Kier molecular flexibility index (Phi) is 8.50. The SMILES string of the molecule is CCNC(=NCC(O)(CC)CC)NC1CCN(C2CCCCC2)CC1. The summed E-state index contributed by atoms with van der Waals surface area (Å²) in [5, 5.41) is 17.4. The second-order valence-electron chi connectivity index (χ2n) is 7.87. The van der Waals surface area contributed by atoms with E-state index in [0.29, 0.717) is 12.6 Å².